The molecular formula is C20H22OSi. The molecule has 1 nitrogen and oxygen atoms in total. The fourth-order valence-electron chi connectivity index (χ4n) is 3.10. The van der Waals surface area contributed by atoms with Crippen molar-refractivity contribution in [1.82, 2.24) is 0 Å². The van der Waals surface area contributed by atoms with Crippen molar-refractivity contribution in [2.75, 3.05) is 0 Å². The van der Waals surface area contributed by atoms with E-state index in [0.29, 0.717) is 0 Å². The fourth-order valence-corrected chi connectivity index (χ4v) is 5.92. The number of para-hydroxylation sites is 1. The van der Waals surface area contributed by atoms with E-state index in [1.807, 2.05) is 12.1 Å². The Labute approximate surface area is 134 Å². The van der Waals surface area contributed by atoms with Crippen molar-refractivity contribution in [3.8, 4) is 5.75 Å². The zero-order chi connectivity index (χ0) is 15.6. The van der Waals surface area contributed by atoms with E-state index in [1.165, 1.54) is 15.9 Å². The Kier molecular flexibility index (Phi) is 4.03. The molecule has 1 aliphatic rings. The average Bonchev–Trinajstić information content (AvgIpc) is 2.55. The van der Waals surface area contributed by atoms with Crippen LogP contribution in [0.5, 0.6) is 5.75 Å². The summed E-state index contributed by atoms with van der Waals surface area (Å²) in [7, 11) is -1.75. The number of rotatable bonds is 4. The van der Waals surface area contributed by atoms with Crippen molar-refractivity contribution < 1.29 is 4.74 Å². The molecule has 0 spiro atoms. The van der Waals surface area contributed by atoms with E-state index in [2.05, 4.69) is 74.3 Å². The van der Waals surface area contributed by atoms with Crippen molar-refractivity contribution in [3.63, 3.8) is 0 Å². The monoisotopic (exact) mass is 306 g/mol. The second kappa shape index (κ2) is 5.97. The normalized spacial score (nSPS) is 17.2. The van der Waals surface area contributed by atoms with E-state index in [4.69, 9.17) is 4.74 Å². The molecule has 3 rings (SSSR count). The van der Waals surface area contributed by atoms with Gasteiger partial charge in [-0.2, -0.15) is 0 Å². The third-order valence-electron chi connectivity index (χ3n) is 4.38. The van der Waals surface area contributed by atoms with Gasteiger partial charge in [0, 0.05) is 12.0 Å². The highest BCUT2D eigenvalue weighted by molar-refractivity contribution is 7.04. The Morgan fingerprint density at radius 2 is 1.73 bits per heavy atom. The Morgan fingerprint density at radius 3 is 2.45 bits per heavy atom. The molecule has 2 aromatic rings. The molecule has 0 bridgehead atoms. The van der Waals surface area contributed by atoms with Crippen molar-refractivity contribution in [1.29, 1.82) is 0 Å². The van der Waals surface area contributed by atoms with Crippen LogP contribution in [0.3, 0.4) is 0 Å². The number of ether oxygens (including phenoxy) is 1. The van der Waals surface area contributed by atoms with Gasteiger partial charge in [-0.05, 0) is 17.3 Å². The number of hydrogen-bond donors (Lipinski definition) is 0. The summed E-state index contributed by atoms with van der Waals surface area (Å²) in [5, 5.41) is 2.92. The first-order valence-corrected chi connectivity index (χ1v) is 10.8. The molecule has 2 heteroatoms. The Morgan fingerprint density at radius 1 is 1.05 bits per heavy atom. The van der Waals surface area contributed by atoms with Crippen LogP contribution >= 0.6 is 0 Å². The Hall–Kier alpha value is -2.06. The van der Waals surface area contributed by atoms with Gasteiger partial charge in [-0.1, -0.05) is 72.9 Å². The summed E-state index contributed by atoms with van der Waals surface area (Å²) >= 11 is 0. The van der Waals surface area contributed by atoms with Gasteiger partial charge in [-0.15, -0.1) is 6.58 Å². The topological polar surface area (TPSA) is 9.23 Å². The van der Waals surface area contributed by atoms with Gasteiger partial charge in [-0.3, -0.25) is 0 Å². The second-order valence-corrected chi connectivity index (χ2v) is 10.6. The first kappa shape index (κ1) is 14.9. The first-order chi connectivity index (χ1) is 10.6. The van der Waals surface area contributed by atoms with Gasteiger partial charge < -0.3 is 4.74 Å². The van der Waals surface area contributed by atoms with Crippen molar-refractivity contribution in [2.45, 2.75) is 25.6 Å². The summed E-state index contributed by atoms with van der Waals surface area (Å²) in [4.78, 5) is 0. The standard InChI is InChI=1S/C20H22OSi/c1-4-10-16-15-20(18-13-8-9-14-19(18)21-16)22(2,3)17-11-6-5-7-12-17/h4-9,11-16H,1,10H2,2-3H3. The van der Waals surface area contributed by atoms with Crippen LogP contribution in [0.25, 0.3) is 5.20 Å². The average molecular weight is 306 g/mol. The molecule has 1 unspecified atom stereocenters. The van der Waals surface area contributed by atoms with Crippen LogP contribution < -0.4 is 9.92 Å². The third kappa shape index (κ3) is 2.67. The molecule has 1 heterocycles. The molecule has 0 fully saturated rings. The van der Waals surface area contributed by atoms with Gasteiger partial charge in [0.2, 0.25) is 0 Å². The zero-order valence-electron chi connectivity index (χ0n) is 13.3. The number of hydrogen-bond acceptors (Lipinski definition) is 1. The lowest BCUT2D eigenvalue weighted by molar-refractivity contribution is 0.249. The van der Waals surface area contributed by atoms with Crippen LogP contribution in [0.1, 0.15) is 12.0 Å². The summed E-state index contributed by atoms with van der Waals surface area (Å²) in [6.45, 7) is 8.69. The Bertz CT molecular complexity index is 701. The highest BCUT2D eigenvalue weighted by atomic mass is 28.3. The molecule has 0 N–H and O–H groups in total. The third-order valence-corrected chi connectivity index (χ3v) is 7.94. The maximum absolute atomic E-state index is 6.11. The van der Waals surface area contributed by atoms with Crippen LogP contribution in [0.2, 0.25) is 13.1 Å². The van der Waals surface area contributed by atoms with E-state index in [9.17, 15) is 0 Å². The predicted octanol–water partition coefficient (Wildman–Crippen LogP) is 4.56. The van der Waals surface area contributed by atoms with Gasteiger partial charge in [-0.25, -0.2) is 0 Å². The van der Waals surface area contributed by atoms with Gasteiger partial charge >= 0.3 is 0 Å². The molecule has 2 aromatic carbocycles. The molecule has 0 saturated carbocycles. The molecular weight excluding hydrogens is 284 g/mol. The van der Waals surface area contributed by atoms with Gasteiger partial charge in [0.05, 0.1) is 0 Å². The van der Waals surface area contributed by atoms with Crippen LogP contribution in [-0.2, 0) is 0 Å². The van der Waals surface area contributed by atoms with E-state index >= 15 is 0 Å². The maximum atomic E-state index is 6.11. The molecule has 1 aliphatic heterocycles. The SMILES string of the molecule is C=CCC1C=C([Si](C)(C)c2ccccc2)c2ccccc2O1. The molecule has 0 saturated heterocycles. The molecule has 1 atom stereocenters. The lowest BCUT2D eigenvalue weighted by Crippen LogP contribution is -2.44. The van der Waals surface area contributed by atoms with Crippen LogP contribution in [0.15, 0.2) is 73.3 Å². The molecule has 0 amide bonds. The summed E-state index contributed by atoms with van der Waals surface area (Å²) in [6, 6.07) is 19.3. The molecule has 112 valence electrons. The summed E-state index contributed by atoms with van der Waals surface area (Å²) < 4.78 is 6.11. The van der Waals surface area contributed by atoms with Gasteiger partial charge in [0.15, 0.2) is 0 Å². The lowest BCUT2D eigenvalue weighted by Gasteiger charge is -2.33. The summed E-state index contributed by atoms with van der Waals surface area (Å²) in [6.07, 6.45) is 5.20. The quantitative estimate of drug-likeness (QED) is 0.594. The molecule has 0 aromatic heterocycles. The lowest BCUT2D eigenvalue weighted by atomic mass is 10.1. The van der Waals surface area contributed by atoms with E-state index in [-0.39, 0.29) is 6.10 Å². The molecule has 0 aliphatic carbocycles. The van der Waals surface area contributed by atoms with Crippen LogP contribution in [-0.4, -0.2) is 14.2 Å². The Balaban J connectivity index is 2.11. The zero-order valence-corrected chi connectivity index (χ0v) is 14.3. The summed E-state index contributed by atoms with van der Waals surface area (Å²) in [5.74, 6) is 1.00. The summed E-state index contributed by atoms with van der Waals surface area (Å²) in [5.41, 5.74) is 1.25. The smallest absolute Gasteiger partial charge is 0.127 e. The van der Waals surface area contributed by atoms with Crippen LogP contribution in [0.4, 0.5) is 0 Å². The fraction of sp³-hybridized carbons (Fsp3) is 0.200. The van der Waals surface area contributed by atoms with Crippen molar-refractivity contribution in [3.05, 3.63) is 78.9 Å². The number of benzene rings is 2. The van der Waals surface area contributed by atoms with Crippen molar-refractivity contribution in [2.24, 2.45) is 0 Å². The molecule has 0 radical (unpaired) electrons. The minimum absolute atomic E-state index is 0.0953. The highest BCUT2D eigenvalue weighted by Gasteiger charge is 2.33. The van der Waals surface area contributed by atoms with E-state index in [1.54, 1.807) is 0 Å². The van der Waals surface area contributed by atoms with E-state index < -0.39 is 8.07 Å². The second-order valence-electron chi connectivity index (χ2n) is 6.25. The minimum Gasteiger partial charge on any atom is -0.485 e. The number of fused-ring (bicyclic) bond motifs is 1. The maximum Gasteiger partial charge on any atom is 0.127 e. The van der Waals surface area contributed by atoms with Crippen LogP contribution in [0, 0.1) is 0 Å². The minimum atomic E-state index is -1.75. The predicted molar refractivity (Wildman–Crippen MR) is 97.2 cm³/mol. The van der Waals surface area contributed by atoms with Crippen molar-refractivity contribution >= 4 is 18.5 Å². The highest BCUT2D eigenvalue weighted by Crippen LogP contribution is 2.37. The largest absolute Gasteiger partial charge is 0.485 e. The van der Waals surface area contributed by atoms with E-state index in [0.717, 1.165) is 12.2 Å². The molecule has 22 heavy (non-hydrogen) atoms. The van der Waals surface area contributed by atoms with Gasteiger partial charge in [0.1, 0.15) is 19.9 Å². The van der Waals surface area contributed by atoms with Gasteiger partial charge in [0.25, 0.3) is 0 Å². The first-order valence-electron chi connectivity index (χ1n) is 7.77.